The first-order valence-electron chi connectivity index (χ1n) is 4.88. The van der Waals surface area contributed by atoms with Gasteiger partial charge in [0.05, 0.1) is 5.60 Å². The van der Waals surface area contributed by atoms with Crippen LogP contribution in [0.4, 0.5) is 0 Å². The second-order valence-corrected chi connectivity index (χ2v) is 2.72. The third-order valence-corrected chi connectivity index (χ3v) is 0.770. The Bertz CT molecular complexity index is 106. The lowest BCUT2D eigenvalue weighted by Gasteiger charge is -2.16. The zero-order valence-electron chi connectivity index (χ0n) is 10.1. The van der Waals surface area contributed by atoms with Gasteiger partial charge in [-0.2, -0.15) is 0 Å². The maximum atomic E-state index is 10.3. The molecule has 0 aliphatic rings. The standard InChI is InChI=1S/C6H13NO2.2C2H6/c1-5(8)7-4-6(2,3)9;2*1-2/h9H,4H2,1-3H3,(H,7,8);2*1-2H3. The van der Waals surface area contributed by atoms with Crippen molar-refractivity contribution in [2.75, 3.05) is 6.54 Å². The van der Waals surface area contributed by atoms with Crippen molar-refractivity contribution in [2.24, 2.45) is 0 Å². The summed E-state index contributed by atoms with van der Waals surface area (Å²) in [6.45, 7) is 13.0. The summed E-state index contributed by atoms with van der Waals surface area (Å²) >= 11 is 0. The predicted molar refractivity (Wildman–Crippen MR) is 57.7 cm³/mol. The van der Waals surface area contributed by atoms with Crippen molar-refractivity contribution in [3.05, 3.63) is 0 Å². The van der Waals surface area contributed by atoms with Gasteiger partial charge in [-0.1, -0.05) is 27.7 Å². The molecule has 0 rings (SSSR count). The monoisotopic (exact) mass is 191 g/mol. The van der Waals surface area contributed by atoms with Crippen molar-refractivity contribution < 1.29 is 9.90 Å². The molecule has 3 nitrogen and oxygen atoms in total. The van der Waals surface area contributed by atoms with E-state index in [-0.39, 0.29) is 5.91 Å². The average Bonchev–Trinajstić information content (AvgIpc) is 2.07. The van der Waals surface area contributed by atoms with Gasteiger partial charge in [0.2, 0.25) is 5.91 Å². The molecule has 0 bridgehead atoms. The summed E-state index contributed by atoms with van der Waals surface area (Å²) in [7, 11) is 0. The molecule has 0 heterocycles. The second kappa shape index (κ2) is 11.4. The molecule has 0 aromatic rings. The molecule has 0 aromatic carbocycles. The van der Waals surface area contributed by atoms with Crippen LogP contribution in [0.5, 0.6) is 0 Å². The van der Waals surface area contributed by atoms with Gasteiger partial charge in [0.25, 0.3) is 0 Å². The zero-order chi connectivity index (χ0) is 11.5. The summed E-state index contributed by atoms with van der Waals surface area (Å²) in [6, 6.07) is 0. The first-order valence-corrected chi connectivity index (χ1v) is 4.88. The van der Waals surface area contributed by atoms with E-state index in [0.717, 1.165) is 0 Å². The number of carbonyl (C=O) groups excluding carboxylic acids is 1. The van der Waals surface area contributed by atoms with Crippen LogP contribution in [0, 0.1) is 0 Å². The fourth-order valence-electron chi connectivity index (χ4n) is 0.341. The van der Waals surface area contributed by atoms with E-state index in [9.17, 15) is 4.79 Å². The number of hydrogen-bond donors (Lipinski definition) is 2. The quantitative estimate of drug-likeness (QED) is 0.701. The summed E-state index contributed by atoms with van der Waals surface area (Å²) in [5.41, 5.74) is -0.800. The highest BCUT2D eigenvalue weighted by atomic mass is 16.3. The highest BCUT2D eigenvalue weighted by Crippen LogP contribution is 1.96. The van der Waals surface area contributed by atoms with Crippen molar-refractivity contribution in [3.8, 4) is 0 Å². The largest absolute Gasteiger partial charge is 0.389 e. The van der Waals surface area contributed by atoms with E-state index in [4.69, 9.17) is 5.11 Å². The Morgan fingerprint density at radius 3 is 1.62 bits per heavy atom. The Morgan fingerprint density at radius 2 is 1.54 bits per heavy atom. The Hall–Kier alpha value is -0.570. The Kier molecular flexibility index (Phi) is 16.1. The minimum absolute atomic E-state index is 0.114. The van der Waals surface area contributed by atoms with Gasteiger partial charge in [0, 0.05) is 13.5 Å². The van der Waals surface area contributed by atoms with Crippen LogP contribution in [-0.2, 0) is 4.79 Å². The molecule has 0 radical (unpaired) electrons. The van der Waals surface area contributed by atoms with Crippen LogP contribution in [0.1, 0.15) is 48.5 Å². The first-order chi connectivity index (χ1) is 5.92. The third-order valence-electron chi connectivity index (χ3n) is 0.770. The van der Waals surface area contributed by atoms with Gasteiger partial charge >= 0.3 is 0 Å². The van der Waals surface area contributed by atoms with Crippen molar-refractivity contribution in [2.45, 2.75) is 54.1 Å². The van der Waals surface area contributed by atoms with Gasteiger partial charge in [-0.25, -0.2) is 0 Å². The van der Waals surface area contributed by atoms with Crippen LogP contribution in [0.2, 0.25) is 0 Å². The van der Waals surface area contributed by atoms with Gasteiger partial charge in [-0.15, -0.1) is 0 Å². The molecule has 0 unspecified atom stereocenters. The van der Waals surface area contributed by atoms with Gasteiger partial charge in [0.15, 0.2) is 0 Å². The molecule has 82 valence electrons. The number of nitrogens with one attached hydrogen (secondary N) is 1. The normalized spacial score (nSPS) is 8.62. The van der Waals surface area contributed by atoms with Crippen molar-refractivity contribution in [1.82, 2.24) is 5.32 Å². The lowest BCUT2D eigenvalue weighted by Crippen LogP contribution is -2.36. The van der Waals surface area contributed by atoms with Crippen LogP contribution >= 0.6 is 0 Å². The van der Waals surface area contributed by atoms with Crippen molar-refractivity contribution in [1.29, 1.82) is 0 Å². The highest BCUT2D eigenvalue weighted by Gasteiger charge is 2.11. The minimum atomic E-state index is -0.800. The molecule has 0 saturated carbocycles. The molecule has 0 atom stereocenters. The van der Waals surface area contributed by atoms with E-state index >= 15 is 0 Å². The number of amides is 1. The summed E-state index contributed by atoms with van der Waals surface area (Å²) in [5, 5.41) is 11.5. The molecule has 0 saturated heterocycles. The smallest absolute Gasteiger partial charge is 0.216 e. The Morgan fingerprint density at radius 1 is 1.23 bits per heavy atom. The maximum Gasteiger partial charge on any atom is 0.216 e. The Balaban J connectivity index is -0.000000218. The maximum absolute atomic E-state index is 10.3. The van der Waals surface area contributed by atoms with Crippen LogP contribution < -0.4 is 5.32 Å². The molecule has 0 fully saturated rings. The molecule has 0 spiro atoms. The fourth-order valence-corrected chi connectivity index (χ4v) is 0.341. The van der Waals surface area contributed by atoms with E-state index in [1.807, 2.05) is 27.7 Å². The van der Waals surface area contributed by atoms with E-state index in [1.54, 1.807) is 13.8 Å². The van der Waals surface area contributed by atoms with Gasteiger partial charge < -0.3 is 10.4 Å². The zero-order valence-corrected chi connectivity index (χ0v) is 10.1. The SMILES string of the molecule is CC.CC.CC(=O)NCC(C)(C)O. The molecule has 0 aromatic heterocycles. The topological polar surface area (TPSA) is 49.3 Å². The summed E-state index contributed by atoms with van der Waals surface area (Å²) < 4.78 is 0. The van der Waals surface area contributed by atoms with Crippen LogP contribution in [0.25, 0.3) is 0 Å². The number of carbonyl (C=O) groups is 1. The molecule has 13 heavy (non-hydrogen) atoms. The summed E-state index contributed by atoms with van der Waals surface area (Å²) in [6.07, 6.45) is 0. The summed E-state index contributed by atoms with van der Waals surface area (Å²) in [4.78, 5) is 10.3. The third kappa shape index (κ3) is 34.5. The first kappa shape index (κ1) is 18.3. The van der Waals surface area contributed by atoms with Gasteiger partial charge in [-0.3, -0.25) is 4.79 Å². The van der Waals surface area contributed by atoms with E-state index < -0.39 is 5.60 Å². The van der Waals surface area contributed by atoms with Crippen LogP contribution in [0.15, 0.2) is 0 Å². The molecular formula is C10H25NO2. The minimum Gasteiger partial charge on any atom is -0.389 e. The molecule has 3 heteroatoms. The van der Waals surface area contributed by atoms with E-state index in [1.165, 1.54) is 6.92 Å². The number of aliphatic hydroxyl groups is 1. The van der Waals surface area contributed by atoms with Gasteiger partial charge in [0.1, 0.15) is 0 Å². The van der Waals surface area contributed by atoms with Crippen molar-refractivity contribution in [3.63, 3.8) is 0 Å². The van der Waals surface area contributed by atoms with E-state index in [2.05, 4.69) is 5.32 Å². The second-order valence-electron chi connectivity index (χ2n) is 2.72. The van der Waals surface area contributed by atoms with Gasteiger partial charge in [-0.05, 0) is 13.8 Å². The van der Waals surface area contributed by atoms with Crippen LogP contribution in [-0.4, -0.2) is 23.2 Å². The molecule has 0 aliphatic carbocycles. The lowest BCUT2D eigenvalue weighted by molar-refractivity contribution is -0.119. The number of hydrogen-bond acceptors (Lipinski definition) is 2. The number of rotatable bonds is 2. The fraction of sp³-hybridized carbons (Fsp3) is 0.900. The highest BCUT2D eigenvalue weighted by molar-refractivity contribution is 5.72. The Labute approximate surface area is 82.5 Å². The molecule has 0 aliphatic heterocycles. The van der Waals surface area contributed by atoms with Crippen molar-refractivity contribution >= 4 is 5.91 Å². The molecule has 2 N–H and O–H groups in total. The summed E-state index contributed by atoms with van der Waals surface area (Å²) in [5.74, 6) is -0.114. The average molecular weight is 191 g/mol. The molecule has 1 amide bonds. The van der Waals surface area contributed by atoms with Crippen LogP contribution in [0.3, 0.4) is 0 Å². The lowest BCUT2D eigenvalue weighted by atomic mass is 10.1. The molecular weight excluding hydrogens is 166 g/mol. The van der Waals surface area contributed by atoms with E-state index in [0.29, 0.717) is 6.54 Å². The predicted octanol–water partition coefficient (Wildman–Crippen LogP) is 1.95.